The smallest absolute Gasteiger partial charge is 0.221 e. The van der Waals surface area contributed by atoms with Crippen LogP contribution in [0, 0.1) is 0 Å². The largest absolute Gasteiger partial charge is 0.326 e. The summed E-state index contributed by atoms with van der Waals surface area (Å²) < 4.78 is 0. The van der Waals surface area contributed by atoms with Gasteiger partial charge in [-0.25, -0.2) is 4.98 Å². The van der Waals surface area contributed by atoms with Crippen LogP contribution in [0.3, 0.4) is 0 Å². The van der Waals surface area contributed by atoms with Gasteiger partial charge in [0.05, 0.1) is 0 Å². The summed E-state index contributed by atoms with van der Waals surface area (Å²) in [6, 6.07) is 15.3. The molecule has 0 aliphatic carbocycles. The van der Waals surface area contributed by atoms with Crippen LogP contribution >= 0.6 is 0 Å². The minimum Gasteiger partial charge on any atom is -0.326 e. The van der Waals surface area contributed by atoms with Gasteiger partial charge in [0.25, 0.3) is 0 Å². The first-order valence-corrected chi connectivity index (χ1v) is 7.25. The van der Waals surface area contributed by atoms with Gasteiger partial charge in [-0.3, -0.25) is 9.89 Å². The molecule has 3 rings (SSSR count). The molecule has 3 aromatic rings. The van der Waals surface area contributed by atoms with Crippen LogP contribution in [0.25, 0.3) is 22.8 Å². The highest BCUT2D eigenvalue weighted by Gasteiger charge is 2.08. The van der Waals surface area contributed by atoms with Crippen molar-refractivity contribution in [2.24, 2.45) is 5.73 Å². The van der Waals surface area contributed by atoms with Gasteiger partial charge in [0, 0.05) is 30.3 Å². The molecule has 4 N–H and O–H groups in total. The molecule has 0 saturated heterocycles. The van der Waals surface area contributed by atoms with Crippen molar-refractivity contribution < 1.29 is 4.79 Å². The zero-order valence-electron chi connectivity index (χ0n) is 12.7. The molecule has 0 aliphatic rings. The summed E-state index contributed by atoms with van der Waals surface area (Å²) in [5.41, 5.74) is 9.24. The topological polar surface area (TPSA) is 96.7 Å². The maximum absolute atomic E-state index is 11.0. The third-order valence-electron chi connectivity index (χ3n) is 3.41. The number of H-pyrrole nitrogens is 1. The summed E-state index contributed by atoms with van der Waals surface area (Å²) >= 11 is 0. The Morgan fingerprint density at radius 1 is 1.09 bits per heavy atom. The predicted octanol–water partition coefficient (Wildman–Crippen LogP) is 2.56. The van der Waals surface area contributed by atoms with E-state index in [2.05, 4.69) is 20.5 Å². The number of anilines is 1. The molecule has 0 aliphatic heterocycles. The number of nitrogens with two attached hydrogens (primary N) is 1. The molecule has 0 radical (unpaired) electrons. The van der Waals surface area contributed by atoms with Gasteiger partial charge in [0.1, 0.15) is 0 Å². The lowest BCUT2D eigenvalue weighted by Crippen LogP contribution is -2.05. The second-order valence-corrected chi connectivity index (χ2v) is 5.17. The lowest BCUT2D eigenvalue weighted by atomic mass is 10.1. The van der Waals surface area contributed by atoms with Crippen LogP contribution in [0.4, 0.5) is 5.69 Å². The number of hydrogen-bond acceptors (Lipinski definition) is 4. The number of aromatic nitrogens is 3. The van der Waals surface area contributed by atoms with Crippen LogP contribution in [0.1, 0.15) is 12.5 Å². The first-order valence-electron chi connectivity index (χ1n) is 7.25. The summed E-state index contributed by atoms with van der Waals surface area (Å²) in [5, 5.41) is 9.92. The molecular weight excluding hydrogens is 290 g/mol. The second kappa shape index (κ2) is 6.41. The van der Waals surface area contributed by atoms with Crippen molar-refractivity contribution >= 4 is 11.6 Å². The van der Waals surface area contributed by atoms with Crippen molar-refractivity contribution in [3.8, 4) is 22.8 Å². The quantitative estimate of drug-likeness (QED) is 0.690. The molecule has 0 unspecified atom stereocenters. The van der Waals surface area contributed by atoms with Crippen molar-refractivity contribution in [1.29, 1.82) is 0 Å². The summed E-state index contributed by atoms with van der Waals surface area (Å²) in [7, 11) is 0. The summed E-state index contributed by atoms with van der Waals surface area (Å²) in [6.07, 6.45) is 0. The van der Waals surface area contributed by atoms with Gasteiger partial charge in [-0.1, -0.05) is 24.3 Å². The van der Waals surface area contributed by atoms with E-state index in [4.69, 9.17) is 5.73 Å². The van der Waals surface area contributed by atoms with Crippen LogP contribution in [0.5, 0.6) is 0 Å². The van der Waals surface area contributed by atoms with Gasteiger partial charge in [0.2, 0.25) is 5.91 Å². The zero-order valence-corrected chi connectivity index (χ0v) is 12.7. The molecule has 116 valence electrons. The van der Waals surface area contributed by atoms with Crippen molar-refractivity contribution in [1.82, 2.24) is 15.2 Å². The summed E-state index contributed by atoms with van der Waals surface area (Å²) in [6.45, 7) is 1.99. The maximum atomic E-state index is 11.0. The van der Waals surface area contributed by atoms with Gasteiger partial charge >= 0.3 is 0 Å². The Kier molecular flexibility index (Phi) is 4.16. The molecule has 6 heteroatoms. The van der Waals surface area contributed by atoms with E-state index < -0.39 is 0 Å². The number of aromatic amines is 1. The Bertz CT molecular complexity index is 806. The minimum atomic E-state index is -0.0983. The lowest BCUT2D eigenvalue weighted by molar-refractivity contribution is -0.114. The van der Waals surface area contributed by atoms with E-state index in [1.807, 2.05) is 48.5 Å². The van der Waals surface area contributed by atoms with Gasteiger partial charge in [0.15, 0.2) is 11.6 Å². The van der Waals surface area contributed by atoms with Crippen LogP contribution in [-0.4, -0.2) is 21.1 Å². The summed E-state index contributed by atoms with van der Waals surface area (Å²) in [5.74, 6) is 1.21. The van der Waals surface area contributed by atoms with E-state index in [1.54, 1.807) is 0 Å². The molecule has 1 heterocycles. The molecule has 0 atom stereocenters. The van der Waals surface area contributed by atoms with Crippen LogP contribution in [-0.2, 0) is 11.3 Å². The molecule has 2 aromatic carbocycles. The highest BCUT2D eigenvalue weighted by Crippen LogP contribution is 2.21. The van der Waals surface area contributed by atoms with E-state index >= 15 is 0 Å². The monoisotopic (exact) mass is 307 g/mol. The highest BCUT2D eigenvalue weighted by atomic mass is 16.1. The number of carbonyl (C=O) groups excluding carboxylic acids is 1. The molecule has 0 bridgehead atoms. The van der Waals surface area contributed by atoms with Crippen molar-refractivity contribution in [3.05, 3.63) is 54.1 Å². The van der Waals surface area contributed by atoms with Crippen molar-refractivity contribution in [2.45, 2.75) is 13.5 Å². The van der Waals surface area contributed by atoms with E-state index in [9.17, 15) is 4.79 Å². The predicted molar refractivity (Wildman–Crippen MR) is 89.4 cm³/mol. The van der Waals surface area contributed by atoms with Crippen LogP contribution < -0.4 is 11.1 Å². The fourth-order valence-electron chi connectivity index (χ4n) is 2.22. The standard InChI is InChI=1S/C17H17N5O/c1-11(23)19-15-8-6-14(7-9-15)17-20-16(21-22-17)13-4-2-12(10-18)3-5-13/h2-9H,10,18H2,1H3,(H,19,23)(H,20,21,22). The number of carbonyl (C=O) groups is 1. The molecular formula is C17H17N5O. The zero-order chi connectivity index (χ0) is 16.2. The molecule has 0 fully saturated rings. The minimum absolute atomic E-state index is 0.0983. The number of rotatable bonds is 4. The molecule has 1 amide bonds. The first-order chi connectivity index (χ1) is 11.2. The maximum Gasteiger partial charge on any atom is 0.221 e. The fourth-order valence-corrected chi connectivity index (χ4v) is 2.22. The Labute approximate surface area is 133 Å². The van der Waals surface area contributed by atoms with Crippen molar-refractivity contribution in [3.63, 3.8) is 0 Å². The normalized spacial score (nSPS) is 10.5. The number of hydrogen-bond donors (Lipinski definition) is 3. The van der Waals surface area contributed by atoms with Gasteiger partial charge < -0.3 is 11.1 Å². The molecule has 6 nitrogen and oxygen atoms in total. The van der Waals surface area contributed by atoms with E-state index in [-0.39, 0.29) is 5.91 Å². The van der Waals surface area contributed by atoms with Crippen LogP contribution in [0.2, 0.25) is 0 Å². The number of nitrogens with one attached hydrogen (secondary N) is 2. The second-order valence-electron chi connectivity index (χ2n) is 5.17. The average Bonchev–Trinajstić information content (AvgIpc) is 3.05. The highest BCUT2D eigenvalue weighted by molar-refractivity contribution is 5.88. The Hall–Kier alpha value is -2.99. The van der Waals surface area contributed by atoms with Crippen LogP contribution in [0.15, 0.2) is 48.5 Å². The van der Waals surface area contributed by atoms with Crippen molar-refractivity contribution in [2.75, 3.05) is 5.32 Å². The first kappa shape index (κ1) is 14.9. The molecule has 1 aromatic heterocycles. The number of amides is 1. The Morgan fingerprint density at radius 2 is 1.74 bits per heavy atom. The van der Waals surface area contributed by atoms with Gasteiger partial charge in [-0.2, -0.15) is 5.10 Å². The van der Waals surface area contributed by atoms with Gasteiger partial charge in [-0.05, 0) is 29.8 Å². The Balaban J connectivity index is 1.81. The number of nitrogens with zero attached hydrogens (tertiary/aromatic N) is 2. The fraction of sp³-hybridized carbons (Fsp3) is 0.118. The molecule has 23 heavy (non-hydrogen) atoms. The van der Waals surface area contributed by atoms with E-state index in [0.29, 0.717) is 18.2 Å². The number of benzene rings is 2. The Morgan fingerprint density at radius 3 is 2.35 bits per heavy atom. The lowest BCUT2D eigenvalue weighted by Gasteiger charge is -2.02. The SMILES string of the molecule is CC(=O)Nc1ccc(-c2n[nH]c(-c3ccc(CN)cc3)n2)cc1. The van der Waals surface area contributed by atoms with Gasteiger partial charge in [-0.15, -0.1) is 0 Å². The third kappa shape index (κ3) is 3.44. The average molecular weight is 307 g/mol. The molecule has 0 saturated carbocycles. The molecule has 0 spiro atoms. The van der Waals surface area contributed by atoms with E-state index in [0.717, 1.165) is 22.4 Å². The summed E-state index contributed by atoms with van der Waals surface area (Å²) in [4.78, 5) is 15.5. The third-order valence-corrected chi connectivity index (χ3v) is 3.41. The van der Waals surface area contributed by atoms with E-state index in [1.165, 1.54) is 6.92 Å².